The van der Waals surface area contributed by atoms with Gasteiger partial charge in [-0.1, -0.05) is 39.5 Å². The molecule has 0 radical (unpaired) electrons. The number of hydrazine groups is 1. The van der Waals surface area contributed by atoms with E-state index in [2.05, 4.69) is 24.4 Å². The maximum absolute atomic E-state index is 5.65. The fraction of sp³-hybridized carbons (Fsp3) is 0.769. The Hall–Kier alpha value is -0.870. The van der Waals surface area contributed by atoms with Crippen LogP contribution in [-0.2, 0) is 7.05 Å². The lowest BCUT2D eigenvalue weighted by Crippen LogP contribution is -2.30. The highest BCUT2D eigenvalue weighted by atomic mass is 15.3. The SMILES string of the molecule is CCCCC(CC)CC(NN)c1ccn(C)n1. The minimum absolute atomic E-state index is 0.179. The van der Waals surface area contributed by atoms with Gasteiger partial charge in [0.15, 0.2) is 0 Å². The van der Waals surface area contributed by atoms with Crippen LogP contribution in [0.3, 0.4) is 0 Å². The fourth-order valence-corrected chi connectivity index (χ4v) is 2.21. The number of nitrogens with two attached hydrogens (primary N) is 1. The average Bonchev–Trinajstić information content (AvgIpc) is 2.76. The molecule has 1 rings (SSSR count). The van der Waals surface area contributed by atoms with E-state index in [1.165, 1.54) is 25.7 Å². The third-order valence-electron chi connectivity index (χ3n) is 3.40. The Morgan fingerprint density at radius 1 is 1.47 bits per heavy atom. The third kappa shape index (κ3) is 4.48. The zero-order chi connectivity index (χ0) is 12.7. The number of rotatable bonds is 8. The molecule has 2 atom stereocenters. The smallest absolute Gasteiger partial charge is 0.0807 e. The van der Waals surface area contributed by atoms with Crippen LogP contribution < -0.4 is 11.3 Å². The van der Waals surface area contributed by atoms with Crippen LogP contribution in [0, 0.1) is 5.92 Å². The molecule has 4 heteroatoms. The first kappa shape index (κ1) is 14.2. The van der Waals surface area contributed by atoms with Gasteiger partial charge in [0.05, 0.1) is 11.7 Å². The molecule has 1 aromatic rings. The summed E-state index contributed by atoms with van der Waals surface area (Å²) in [4.78, 5) is 0. The van der Waals surface area contributed by atoms with Crippen LogP contribution in [0.4, 0.5) is 0 Å². The van der Waals surface area contributed by atoms with Crippen LogP contribution in [0.15, 0.2) is 12.3 Å². The summed E-state index contributed by atoms with van der Waals surface area (Å²) in [6, 6.07) is 2.22. The molecule has 0 aromatic carbocycles. The van der Waals surface area contributed by atoms with Crippen molar-refractivity contribution in [2.24, 2.45) is 18.8 Å². The van der Waals surface area contributed by atoms with Gasteiger partial charge in [-0.25, -0.2) is 0 Å². The summed E-state index contributed by atoms with van der Waals surface area (Å²) in [5.41, 5.74) is 3.94. The first-order chi connectivity index (χ1) is 8.21. The number of nitrogens with one attached hydrogen (secondary N) is 1. The number of nitrogens with zero attached hydrogens (tertiary/aromatic N) is 2. The summed E-state index contributed by atoms with van der Waals surface area (Å²) < 4.78 is 1.83. The van der Waals surface area contributed by atoms with Crippen molar-refractivity contribution in [3.63, 3.8) is 0 Å². The first-order valence-electron chi connectivity index (χ1n) is 6.66. The van der Waals surface area contributed by atoms with Crippen molar-refractivity contribution in [1.29, 1.82) is 0 Å². The van der Waals surface area contributed by atoms with Crippen LogP contribution in [0.1, 0.15) is 57.7 Å². The van der Waals surface area contributed by atoms with Gasteiger partial charge in [-0.3, -0.25) is 16.0 Å². The highest BCUT2D eigenvalue weighted by Gasteiger charge is 2.17. The zero-order valence-corrected chi connectivity index (χ0v) is 11.3. The molecule has 98 valence electrons. The van der Waals surface area contributed by atoms with Crippen molar-refractivity contribution in [2.75, 3.05) is 0 Å². The van der Waals surface area contributed by atoms with E-state index in [0.717, 1.165) is 18.0 Å². The van der Waals surface area contributed by atoms with Crippen molar-refractivity contribution in [3.8, 4) is 0 Å². The largest absolute Gasteiger partial charge is 0.275 e. The Balaban J connectivity index is 2.55. The lowest BCUT2D eigenvalue weighted by atomic mass is 9.91. The molecule has 0 fully saturated rings. The minimum Gasteiger partial charge on any atom is -0.275 e. The van der Waals surface area contributed by atoms with Crippen molar-refractivity contribution in [3.05, 3.63) is 18.0 Å². The quantitative estimate of drug-likeness (QED) is 0.540. The van der Waals surface area contributed by atoms with E-state index in [1.54, 1.807) is 0 Å². The lowest BCUT2D eigenvalue weighted by Gasteiger charge is -2.20. The molecule has 0 bridgehead atoms. The maximum atomic E-state index is 5.65. The molecule has 0 spiro atoms. The van der Waals surface area contributed by atoms with Gasteiger partial charge < -0.3 is 0 Å². The second kappa shape index (κ2) is 7.45. The molecule has 4 nitrogen and oxygen atoms in total. The molecule has 0 aliphatic heterocycles. The van der Waals surface area contributed by atoms with E-state index in [-0.39, 0.29) is 6.04 Å². The molecular weight excluding hydrogens is 212 g/mol. The average molecular weight is 238 g/mol. The van der Waals surface area contributed by atoms with Gasteiger partial charge in [0, 0.05) is 13.2 Å². The fourth-order valence-electron chi connectivity index (χ4n) is 2.21. The number of unbranched alkanes of at least 4 members (excludes halogenated alkanes) is 1. The third-order valence-corrected chi connectivity index (χ3v) is 3.40. The normalized spacial score (nSPS) is 14.8. The van der Waals surface area contributed by atoms with Gasteiger partial charge in [0.25, 0.3) is 0 Å². The first-order valence-corrected chi connectivity index (χ1v) is 6.66. The van der Waals surface area contributed by atoms with Gasteiger partial charge in [-0.05, 0) is 18.4 Å². The lowest BCUT2D eigenvalue weighted by molar-refractivity contribution is 0.351. The van der Waals surface area contributed by atoms with E-state index in [9.17, 15) is 0 Å². The molecule has 0 aliphatic carbocycles. The van der Waals surface area contributed by atoms with Gasteiger partial charge in [0.1, 0.15) is 0 Å². The van der Waals surface area contributed by atoms with Crippen molar-refractivity contribution in [2.45, 2.75) is 52.0 Å². The summed E-state index contributed by atoms with van der Waals surface area (Å²) >= 11 is 0. The maximum Gasteiger partial charge on any atom is 0.0807 e. The number of aromatic nitrogens is 2. The van der Waals surface area contributed by atoms with E-state index >= 15 is 0 Å². The van der Waals surface area contributed by atoms with Crippen LogP contribution in [0.5, 0.6) is 0 Å². The Labute approximate surface area is 105 Å². The van der Waals surface area contributed by atoms with Gasteiger partial charge in [-0.2, -0.15) is 5.10 Å². The van der Waals surface area contributed by atoms with Gasteiger partial charge in [-0.15, -0.1) is 0 Å². The van der Waals surface area contributed by atoms with E-state index in [1.807, 2.05) is 24.0 Å². The summed E-state index contributed by atoms with van der Waals surface area (Å²) in [5.74, 6) is 6.38. The number of aryl methyl sites for hydroxylation is 1. The summed E-state index contributed by atoms with van der Waals surface area (Å²) in [5, 5.41) is 4.42. The van der Waals surface area contributed by atoms with Gasteiger partial charge in [0.2, 0.25) is 0 Å². The van der Waals surface area contributed by atoms with Crippen molar-refractivity contribution in [1.82, 2.24) is 15.2 Å². The number of hydrogen-bond acceptors (Lipinski definition) is 3. The molecule has 0 aliphatic rings. The summed E-state index contributed by atoms with van der Waals surface area (Å²) in [6.45, 7) is 4.50. The summed E-state index contributed by atoms with van der Waals surface area (Å²) in [7, 11) is 1.94. The Morgan fingerprint density at radius 3 is 2.71 bits per heavy atom. The molecule has 2 unspecified atom stereocenters. The zero-order valence-electron chi connectivity index (χ0n) is 11.3. The minimum atomic E-state index is 0.179. The topological polar surface area (TPSA) is 55.9 Å². The molecule has 1 heterocycles. The monoisotopic (exact) mass is 238 g/mol. The summed E-state index contributed by atoms with van der Waals surface area (Å²) in [6.07, 6.45) is 8.11. The molecular formula is C13H26N4. The molecule has 3 N–H and O–H groups in total. The highest BCUT2D eigenvalue weighted by Crippen LogP contribution is 2.25. The van der Waals surface area contributed by atoms with Crippen LogP contribution in [-0.4, -0.2) is 9.78 Å². The Morgan fingerprint density at radius 2 is 2.24 bits per heavy atom. The molecule has 1 aromatic heterocycles. The second-order valence-electron chi connectivity index (χ2n) is 4.79. The molecule has 17 heavy (non-hydrogen) atoms. The number of hydrogen-bond donors (Lipinski definition) is 2. The Bertz CT molecular complexity index is 308. The molecule has 0 saturated heterocycles. The Kier molecular flexibility index (Phi) is 6.22. The van der Waals surface area contributed by atoms with Crippen LogP contribution in [0.25, 0.3) is 0 Å². The predicted octanol–water partition coefficient (Wildman–Crippen LogP) is 2.53. The predicted molar refractivity (Wildman–Crippen MR) is 71.2 cm³/mol. The van der Waals surface area contributed by atoms with E-state index < -0.39 is 0 Å². The van der Waals surface area contributed by atoms with Crippen LogP contribution in [0.2, 0.25) is 0 Å². The van der Waals surface area contributed by atoms with Crippen LogP contribution >= 0.6 is 0 Å². The van der Waals surface area contributed by atoms with Gasteiger partial charge >= 0.3 is 0 Å². The van der Waals surface area contributed by atoms with E-state index in [0.29, 0.717) is 0 Å². The standard InChI is InChI=1S/C13H26N4/c1-4-6-7-11(5-2)10-13(15-14)12-8-9-17(3)16-12/h8-9,11,13,15H,4-7,10,14H2,1-3H3. The molecule has 0 saturated carbocycles. The highest BCUT2D eigenvalue weighted by molar-refractivity contribution is 5.05. The molecule has 0 amide bonds. The van der Waals surface area contributed by atoms with Crippen molar-refractivity contribution < 1.29 is 0 Å². The van der Waals surface area contributed by atoms with E-state index in [4.69, 9.17) is 5.84 Å². The second-order valence-corrected chi connectivity index (χ2v) is 4.79. The van der Waals surface area contributed by atoms with Crippen molar-refractivity contribution >= 4 is 0 Å².